The van der Waals surface area contributed by atoms with Crippen molar-refractivity contribution in [1.29, 1.82) is 0 Å². The molecule has 1 fully saturated rings. The number of anilines is 1. The van der Waals surface area contributed by atoms with E-state index in [1.807, 2.05) is 17.5 Å². The highest BCUT2D eigenvalue weighted by Gasteiger charge is 2.28. The van der Waals surface area contributed by atoms with Crippen LogP contribution in [-0.2, 0) is 19.6 Å². The number of hydrogen-bond donors (Lipinski definition) is 1. The van der Waals surface area contributed by atoms with E-state index in [-0.39, 0.29) is 16.0 Å². The number of morpholine rings is 1. The minimum Gasteiger partial charge on any atom is -0.410 e. The minimum absolute atomic E-state index is 0.176. The van der Waals surface area contributed by atoms with Crippen molar-refractivity contribution in [3.63, 3.8) is 0 Å². The molecule has 0 bridgehead atoms. The van der Waals surface area contributed by atoms with Crippen LogP contribution in [0.25, 0.3) is 10.8 Å². The zero-order chi connectivity index (χ0) is 22.7. The van der Waals surface area contributed by atoms with E-state index < -0.39 is 15.3 Å². The topological polar surface area (TPSA) is 115 Å². The molecule has 0 radical (unpaired) electrons. The predicted octanol–water partition coefficient (Wildman–Crippen LogP) is 3.25. The summed E-state index contributed by atoms with van der Waals surface area (Å²) in [5.41, 5.74) is 1.02. The van der Waals surface area contributed by atoms with Crippen molar-refractivity contribution in [3.8, 4) is 10.8 Å². The molecule has 3 heterocycles. The van der Waals surface area contributed by atoms with Crippen LogP contribution in [0.3, 0.4) is 0 Å². The lowest BCUT2D eigenvalue weighted by Crippen LogP contribution is -2.40. The summed E-state index contributed by atoms with van der Waals surface area (Å²) in [5.74, 6) is 0.107. The van der Waals surface area contributed by atoms with E-state index in [9.17, 15) is 13.2 Å². The normalized spacial score (nSPS) is 16.1. The van der Waals surface area contributed by atoms with Gasteiger partial charge in [0.05, 0.1) is 28.2 Å². The van der Waals surface area contributed by atoms with Gasteiger partial charge in [-0.15, -0.1) is 21.5 Å². The van der Waals surface area contributed by atoms with Crippen LogP contribution in [0.5, 0.6) is 0 Å². The second-order valence-corrected chi connectivity index (χ2v) is 11.2. The standard InChI is InChI=1S/C20H22N4O5S3/c1-13-5-6-15(12-17(13)32(26,27)24-7-9-28-10-8-24)21-18(25)14(2)31-20-23-22-19(29-20)16-4-3-11-30-16/h3-6,11-12,14H,7-10H2,1-2H3,(H,21,25). The third kappa shape index (κ3) is 5.04. The van der Waals surface area contributed by atoms with Gasteiger partial charge >= 0.3 is 0 Å². The first-order valence-corrected chi connectivity index (χ1v) is 13.1. The Bertz CT molecular complexity index is 1190. The van der Waals surface area contributed by atoms with Gasteiger partial charge in [0.15, 0.2) is 0 Å². The SMILES string of the molecule is Cc1ccc(NC(=O)C(C)Sc2nnc(-c3cccs3)o2)cc1S(=O)(=O)N1CCOCC1. The molecule has 0 aliphatic carbocycles. The molecule has 12 heteroatoms. The highest BCUT2D eigenvalue weighted by molar-refractivity contribution is 8.00. The summed E-state index contributed by atoms with van der Waals surface area (Å²) in [6.07, 6.45) is 0. The van der Waals surface area contributed by atoms with Crippen LogP contribution in [0.1, 0.15) is 12.5 Å². The van der Waals surface area contributed by atoms with Crippen molar-refractivity contribution in [3.05, 3.63) is 41.3 Å². The minimum atomic E-state index is -3.67. The number of thiophene rings is 1. The maximum Gasteiger partial charge on any atom is 0.277 e. The van der Waals surface area contributed by atoms with Gasteiger partial charge < -0.3 is 14.5 Å². The molecule has 1 aliphatic heterocycles. The van der Waals surface area contributed by atoms with Crippen molar-refractivity contribution >= 4 is 44.7 Å². The summed E-state index contributed by atoms with van der Waals surface area (Å²) in [5, 5.41) is 12.4. The Morgan fingerprint density at radius 2 is 2.03 bits per heavy atom. The fourth-order valence-electron chi connectivity index (χ4n) is 3.09. The van der Waals surface area contributed by atoms with Gasteiger partial charge in [-0.05, 0) is 43.0 Å². The van der Waals surface area contributed by atoms with E-state index in [0.717, 1.165) is 16.6 Å². The van der Waals surface area contributed by atoms with Crippen LogP contribution in [0.4, 0.5) is 5.69 Å². The van der Waals surface area contributed by atoms with E-state index in [2.05, 4.69) is 15.5 Å². The molecule has 1 aromatic carbocycles. The zero-order valence-corrected chi connectivity index (χ0v) is 19.9. The molecule has 0 spiro atoms. The Labute approximate surface area is 194 Å². The van der Waals surface area contributed by atoms with Crippen LogP contribution in [0.15, 0.2) is 50.2 Å². The number of amides is 1. The Hall–Kier alpha value is -2.25. The summed E-state index contributed by atoms with van der Waals surface area (Å²) in [6.45, 7) is 4.81. The highest BCUT2D eigenvalue weighted by Crippen LogP contribution is 2.29. The molecule has 1 N–H and O–H groups in total. The van der Waals surface area contributed by atoms with Gasteiger partial charge in [0.25, 0.3) is 11.1 Å². The molecule has 1 aliphatic rings. The Morgan fingerprint density at radius 1 is 1.25 bits per heavy atom. The second kappa shape index (κ2) is 9.71. The van der Waals surface area contributed by atoms with Crippen LogP contribution in [0.2, 0.25) is 0 Å². The fourth-order valence-corrected chi connectivity index (χ4v) is 6.07. The average Bonchev–Trinajstić information content (AvgIpc) is 3.47. The van der Waals surface area contributed by atoms with E-state index in [1.165, 1.54) is 21.7 Å². The van der Waals surface area contributed by atoms with Crippen LogP contribution in [-0.4, -0.2) is 60.4 Å². The predicted molar refractivity (Wildman–Crippen MR) is 122 cm³/mol. The summed E-state index contributed by atoms with van der Waals surface area (Å²) in [4.78, 5) is 13.7. The number of hydrogen-bond acceptors (Lipinski definition) is 9. The molecule has 4 rings (SSSR count). The van der Waals surface area contributed by atoms with Gasteiger partial charge in [0.2, 0.25) is 15.9 Å². The third-order valence-corrected chi connectivity index (χ3v) is 8.66. The zero-order valence-electron chi connectivity index (χ0n) is 17.5. The number of ether oxygens (including phenoxy) is 1. The average molecular weight is 495 g/mol. The summed E-state index contributed by atoms with van der Waals surface area (Å²) in [6, 6.07) is 8.64. The number of aromatic nitrogens is 2. The molecule has 1 saturated heterocycles. The summed E-state index contributed by atoms with van der Waals surface area (Å²) >= 11 is 2.62. The maximum atomic E-state index is 13.0. The molecule has 2 aromatic heterocycles. The van der Waals surface area contributed by atoms with Crippen molar-refractivity contribution < 1.29 is 22.4 Å². The Kier molecular flexibility index (Phi) is 6.96. The lowest BCUT2D eigenvalue weighted by atomic mass is 10.2. The smallest absolute Gasteiger partial charge is 0.277 e. The summed E-state index contributed by atoms with van der Waals surface area (Å²) < 4.78 is 38.4. The second-order valence-electron chi connectivity index (χ2n) is 7.10. The third-order valence-electron chi connectivity index (χ3n) is 4.83. The van der Waals surface area contributed by atoms with Gasteiger partial charge in [-0.2, -0.15) is 4.31 Å². The molecule has 3 aromatic rings. The summed E-state index contributed by atoms with van der Waals surface area (Å²) in [7, 11) is -3.67. The number of nitrogens with zero attached hydrogens (tertiary/aromatic N) is 3. The molecule has 9 nitrogen and oxygen atoms in total. The lowest BCUT2D eigenvalue weighted by Gasteiger charge is -2.27. The van der Waals surface area contributed by atoms with Crippen LogP contribution in [0, 0.1) is 6.92 Å². The van der Waals surface area contributed by atoms with E-state index in [4.69, 9.17) is 9.15 Å². The van der Waals surface area contributed by atoms with Gasteiger partial charge in [-0.3, -0.25) is 4.79 Å². The van der Waals surface area contributed by atoms with E-state index in [0.29, 0.717) is 43.4 Å². The Morgan fingerprint density at radius 3 is 2.75 bits per heavy atom. The van der Waals surface area contributed by atoms with Crippen molar-refractivity contribution in [2.75, 3.05) is 31.6 Å². The molecule has 32 heavy (non-hydrogen) atoms. The van der Waals surface area contributed by atoms with Gasteiger partial charge in [0.1, 0.15) is 0 Å². The molecular formula is C20H22N4O5S3. The van der Waals surface area contributed by atoms with Crippen LogP contribution < -0.4 is 5.32 Å². The van der Waals surface area contributed by atoms with Crippen molar-refractivity contribution in [2.45, 2.75) is 29.2 Å². The van der Waals surface area contributed by atoms with Crippen molar-refractivity contribution in [2.24, 2.45) is 0 Å². The monoisotopic (exact) mass is 494 g/mol. The largest absolute Gasteiger partial charge is 0.410 e. The van der Waals surface area contributed by atoms with Crippen LogP contribution >= 0.6 is 23.1 Å². The highest BCUT2D eigenvalue weighted by atomic mass is 32.2. The number of rotatable bonds is 7. The number of aryl methyl sites for hydroxylation is 1. The molecular weight excluding hydrogens is 472 g/mol. The number of nitrogens with one attached hydrogen (secondary N) is 1. The van der Waals surface area contributed by atoms with E-state index >= 15 is 0 Å². The lowest BCUT2D eigenvalue weighted by molar-refractivity contribution is -0.115. The molecule has 1 amide bonds. The van der Waals surface area contributed by atoms with Gasteiger partial charge in [-0.1, -0.05) is 23.9 Å². The number of benzene rings is 1. The van der Waals surface area contributed by atoms with Crippen molar-refractivity contribution in [1.82, 2.24) is 14.5 Å². The molecule has 1 unspecified atom stereocenters. The fraction of sp³-hybridized carbons (Fsp3) is 0.350. The molecule has 1 atom stereocenters. The number of sulfonamides is 1. The maximum absolute atomic E-state index is 13.0. The van der Waals surface area contributed by atoms with E-state index in [1.54, 1.807) is 26.0 Å². The number of carbonyl (C=O) groups excluding carboxylic acids is 1. The first kappa shape index (κ1) is 22.9. The van der Waals surface area contributed by atoms with Gasteiger partial charge in [-0.25, -0.2) is 8.42 Å². The van der Waals surface area contributed by atoms with Gasteiger partial charge in [0, 0.05) is 18.8 Å². The quantitative estimate of drug-likeness (QED) is 0.498. The molecule has 0 saturated carbocycles. The first-order valence-electron chi connectivity index (χ1n) is 9.88. The first-order chi connectivity index (χ1) is 15.3. The molecule has 170 valence electrons. The Balaban J connectivity index is 1.44. The number of carbonyl (C=O) groups is 1. The number of thioether (sulfide) groups is 1.